The van der Waals surface area contributed by atoms with E-state index in [1.165, 1.54) is 0 Å². The molecule has 0 saturated carbocycles. The van der Waals surface area contributed by atoms with Crippen LogP contribution in [0.25, 0.3) is 11.4 Å². The summed E-state index contributed by atoms with van der Waals surface area (Å²) in [6.45, 7) is 2.92. The van der Waals surface area contributed by atoms with Gasteiger partial charge >= 0.3 is 0 Å². The molecule has 5 rings (SSSR count). The Hall–Kier alpha value is -2.61. The second kappa shape index (κ2) is 7.43. The van der Waals surface area contributed by atoms with Crippen LogP contribution in [0.2, 0.25) is 5.02 Å². The second-order valence-corrected chi connectivity index (χ2v) is 7.12. The summed E-state index contributed by atoms with van der Waals surface area (Å²) in [5.41, 5.74) is 1.90. The molecule has 3 heterocycles. The molecule has 0 aliphatic carbocycles. The zero-order valence-electron chi connectivity index (χ0n) is 15.0. The molecule has 1 fully saturated rings. The van der Waals surface area contributed by atoms with Crippen LogP contribution in [-0.4, -0.2) is 41.5 Å². The van der Waals surface area contributed by atoms with Crippen LogP contribution in [0.15, 0.2) is 47.0 Å². The van der Waals surface area contributed by atoms with Crippen molar-refractivity contribution in [1.82, 2.24) is 15.0 Å². The van der Waals surface area contributed by atoms with Crippen molar-refractivity contribution >= 4 is 11.6 Å². The van der Waals surface area contributed by atoms with Gasteiger partial charge in [-0.1, -0.05) is 47.1 Å². The summed E-state index contributed by atoms with van der Waals surface area (Å²) in [4.78, 5) is 6.77. The smallest absolute Gasteiger partial charge is 0.257 e. The van der Waals surface area contributed by atoms with Gasteiger partial charge in [-0.3, -0.25) is 4.90 Å². The quantitative estimate of drug-likeness (QED) is 0.662. The fourth-order valence-corrected chi connectivity index (χ4v) is 3.60. The van der Waals surface area contributed by atoms with Crippen molar-refractivity contribution in [3.63, 3.8) is 0 Å². The lowest BCUT2D eigenvalue weighted by atomic mass is 10.1. The first-order valence-electron chi connectivity index (χ1n) is 9.07. The average molecular weight is 400 g/mol. The van der Waals surface area contributed by atoms with Crippen molar-refractivity contribution in [2.24, 2.45) is 0 Å². The third-order valence-electron chi connectivity index (χ3n) is 4.84. The molecule has 1 unspecified atom stereocenters. The van der Waals surface area contributed by atoms with Crippen LogP contribution in [0.1, 0.15) is 17.6 Å². The fourth-order valence-electron chi connectivity index (χ4n) is 3.39. The summed E-state index contributed by atoms with van der Waals surface area (Å²) in [5.74, 6) is 2.47. The normalized spacial score (nSPS) is 19.1. The van der Waals surface area contributed by atoms with Crippen LogP contribution in [0.4, 0.5) is 0 Å². The van der Waals surface area contributed by atoms with E-state index in [-0.39, 0.29) is 12.9 Å². The first-order chi connectivity index (χ1) is 13.8. The van der Waals surface area contributed by atoms with E-state index in [2.05, 4.69) is 15.0 Å². The number of hydrogen-bond acceptors (Lipinski definition) is 7. The summed E-state index contributed by atoms with van der Waals surface area (Å²) in [5, 5.41) is 4.75. The predicted octanol–water partition coefficient (Wildman–Crippen LogP) is 3.69. The van der Waals surface area contributed by atoms with Gasteiger partial charge in [-0.25, -0.2) is 0 Å². The van der Waals surface area contributed by atoms with Crippen LogP contribution in [-0.2, 0) is 11.3 Å². The first kappa shape index (κ1) is 17.5. The van der Waals surface area contributed by atoms with E-state index in [0.29, 0.717) is 42.2 Å². The molecule has 144 valence electrons. The van der Waals surface area contributed by atoms with Gasteiger partial charge in [0.15, 0.2) is 11.5 Å². The summed E-state index contributed by atoms with van der Waals surface area (Å²) in [6, 6.07) is 13.5. The molecule has 2 aliphatic heterocycles. The third-order valence-corrected chi connectivity index (χ3v) is 5.19. The summed E-state index contributed by atoms with van der Waals surface area (Å²) >= 11 is 6.42. The Bertz CT molecular complexity index is 979. The molecule has 0 bridgehead atoms. The maximum Gasteiger partial charge on any atom is 0.257 e. The molecule has 1 aromatic heterocycles. The summed E-state index contributed by atoms with van der Waals surface area (Å²) < 4.78 is 22.2. The molecule has 28 heavy (non-hydrogen) atoms. The van der Waals surface area contributed by atoms with Crippen molar-refractivity contribution in [1.29, 1.82) is 0 Å². The number of ether oxygens (including phenoxy) is 3. The van der Waals surface area contributed by atoms with Gasteiger partial charge < -0.3 is 18.7 Å². The van der Waals surface area contributed by atoms with Crippen LogP contribution in [0.5, 0.6) is 11.5 Å². The highest BCUT2D eigenvalue weighted by Crippen LogP contribution is 2.37. The third kappa shape index (κ3) is 3.44. The molecule has 0 radical (unpaired) electrons. The van der Waals surface area contributed by atoms with Crippen molar-refractivity contribution in [3.05, 3.63) is 58.9 Å². The first-order valence-corrected chi connectivity index (χ1v) is 9.45. The molecule has 0 amide bonds. The molecule has 2 aromatic carbocycles. The lowest BCUT2D eigenvalue weighted by Crippen LogP contribution is -2.38. The molecule has 2 aliphatic rings. The fraction of sp³-hybridized carbons (Fsp3) is 0.300. The lowest BCUT2D eigenvalue weighted by Gasteiger charge is -2.31. The number of halogens is 1. The lowest BCUT2D eigenvalue weighted by molar-refractivity contribution is -0.0475. The monoisotopic (exact) mass is 399 g/mol. The van der Waals surface area contributed by atoms with Gasteiger partial charge in [-0.15, -0.1) is 0 Å². The van der Waals surface area contributed by atoms with E-state index in [9.17, 15) is 0 Å². The SMILES string of the molecule is Clc1cc2c(cc1CN1CCOC(c3nc(-c4ccccc4)no3)C1)OCO2. The van der Waals surface area contributed by atoms with Gasteiger partial charge in [0.05, 0.1) is 6.61 Å². The van der Waals surface area contributed by atoms with Crippen LogP contribution >= 0.6 is 11.6 Å². The summed E-state index contributed by atoms with van der Waals surface area (Å²) in [7, 11) is 0. The van der Waals surface area contributed by atoms with E-state index < -0.39 is 0 Å². The van der Waals surface area contributed by atoms with E-state index in [1.807, 2.05) is 36.4 Å². The minimum absolute atomic E-state index is 0.232. The minimum Gasteiger partial charge on any atom is -0.454 e. The van der Waals surface area contributed by atoms with Crippen LogP contribution in [0.3, 0.4) is 0 Å². The molecular formula is C20H18ClN3O4. The Morgan fingerprint density at radius 3 is 2.79 bits per heavy atom. The van der Waals surface area contributed by atoms with Gasteiger partial charge in [0.25, 0.3) is 5.89 Å². The van der Waals surface area contributed by atoms with Gasteiger partial charge in [0, 0.05) is 36.3 Å². The predicted molar refractivity (Wildman–Crippen MR) is 101 cm³/mol. The number of fused-ring (bicyclic) bond motifs is 1. The highest BCUT2D eigenvalue weighted by Gasteiger charge is 2.28. The van der Waals surface area contributed by atoms with Gasteiger partial charge in [0.2, 0.25) is 12.6 Å². The molecule has 7 nitrogen and oxygen atoms in total. The maximum absolute atomic E-state index is 6.42. The number of benzene rings is 2. The number of aromatic nitrogens is 2. The van der Waals surface area contributed by atoms with E-state index >= 15 is 0 Å². The zero-order chi connectivity index (χ0) is 18.9. The molecule has 1 atom stereocenters. The van der Waals surface area contributed by atoms with Crippen LogP contribution in [0, 0.1) is 0 Å². The Morgan fingerprint density at radius 2 is 1.93 bits per heavy atom. The van der Waals surface area contributed by atoms with Crippen molar-refractivity contribution in [2.45, 2.75) is 12.6 Å². The minimum atomic E-state index is -0.272. The number of rotatable bonds is 4. The van der Waals surface area contributed by atoms with Gasteiger partial charge in [-0.05, 0) is 11.6 Å². The van der Waals surface area contributed by atoms with E-state index in [1.54, 1.807) is 6.07 Å². The summed E-state index contributed by atoms with van der Waals surface area (Å²) in [6.07, 6.45) is -0.272. The second-order valence-electron chi connectivity index (χ2n) is 6.71. The standard InChI is InChI=1S/C20H18ClN3O4/c21-15-9-17-16(26-12-27-17)8-14(15)10-24-6-7-25-18(11-24)20-22-19(23-28-20)13-4-2-1-3-5-13/h1-5,8-9,18H,6-7,10-12H2. The Morgan fingerprint density at radius 1 is 1.11 bits per heavy atom. The molecule has 1 saturated heterocycles. The molecule has 8 heteroatoms. The highest BCUT2D eigenvalue weighted by atomic mass is 35.5. The highest BCUT2D eigenvalue weighted by molar-refractivity contribution is 6.31. The Balaban J connectivity index is 1.30. The van der Waals surface area contributed by atoms with E-state index in [0.717, 1.165) is 23.4 Å². The van der Waals surface area contributed by atoms with Gasteiger partial charge in [-0.2, -0.15) is 4.98 Å². The topological polar surface area (TPSA) is 69.9 Å². The number of morpholine rings is 1. The van der Waals surface area contributed by atoms with Gasteiger partial charge in [0.1, 0.15) is 6.10 Å². The van der Waals surface area contributed by atoms with E-state index in [4.69, 9.17) is 30.3 Å². The van der Waals surface area contributed by atoms with Crippen molar-refractivity contribution in [3.8, 4) is 22.9 Å². The average Bonchev–Trinajstić information content (AvgIpc) is 3.39. The van der Waals surface area contributed by atoms with Crippen molar-refractivity contribution < 1.29 is 18.7 Å². The van der Waals surface area contributed by atoms with Crippen LogP contribution < -0.4 is 9.47 Å². The number of nitrogens with zero attached hydrogens (tertiary/aromatic N) is 3. The largest absolute Gasteiger partial charge is 0.454 e. The molecule has 0 N–H and O–H groups in total. The molecule has 0 spiro atoms. The maximum atomic E-state index is 6.42. The Labute approximate surface area is 166 Å². The zero-order valence-corrected chi connectivity index (χ0v) is 15.8. The molecule has 3 aromatic rings. The number of hydrogen-bond donors (Lipinski definition) is 0. The van der Waals surface area contributed by atoms with Crippen molar-refractivity contribution in [2.75, 3.05) is 26.5 Å². The molecular weight excluding hydrogens is 382 g/mol. The Kier molecular flexibility index (Phi) is 4.64.